The molecule has 8 heteroatoms. The second kappa shape index (κ2) is 5.05. The van der Waals surface area contributed by atoms with Gasteiger partial charge in [0.05, 0.1) is 10.9 Å². The van der Waals surface area contributed by atoms with Gasteiger partial charge in [-0.15, -0.1) is 0 Å². The molecular formula is C16H18N6O2. The summed E-state index contributed by atoms with van der Waals surface area (Å²) in [6.07, 6.45) is 5.36. The van der Waals surface area contributed by atoms with E-state index in [9.17, 15) is 4.79 Å². The monoisotopic (exact) mass is 326 g/mol. The summed E-state index contributed by atoms with van der Waals surface area (Å²) < 4.78 is 7.29. The van der Waals surface area contributed by atoms with Crippen LogP contribution in [0.15, 0.2) is 23.0 Å². The molecule has 1 aliphatic rings. The molecule has 0 unspecified atom stereocenters. The summed E-state index contributed by atoms with van der Waals surface area (Å²) in [6.45, 7) is 3.87. The van der Waals surface area contributed by atoms with Crippen molar-refractivity contribution in [2.75, 3.05) is 10.6 Å². The molecule has 24 heavy (non-hydrogen) atoms. The van der Waals surface area contributed by atoms with Crippen molar-refractivity contribution in [2.24, 2.45) is 7.05 Å². The van der Waals surface area contributed by atoms with E-state index in [1.807, 2.05) is 0 Å². The van der Waals surface area contributed by atoms with Gasteiger partial charge >= 0.3 is 0 Å². The highest BCUT2D eigenvalue weighted by atomic mass is 16.3. The molecule has 0 atom stereocenters. The molecule has 2 N–H and O–H groups in total. The van der Waals surface area contributed by atoms with Gasteiger partial charge in [0.15, 0.2) is 5.82 Å². The van der Waals surface area contributed by atoms with E-state index < -0.39 is 0 Å². The summed E-state index contributed by atoms with van der Waals surface area (Å²) in [4.78, 5) is 21.2. The summed E-state index contributed by atoms with van der Waals surface area (Å²) >= 11 is 0. The van der Waals surface area contributed by atoms with Gasteiger partial charge in [0.1, 0.15) is 17.9 Å². The van der Waals surface area contributed by atoms with Crippen molar-refractivity contribution in [1.82, 2.24) is 19.7 Å². The van der Waals surface area contributed by atoms with E-state index in [-0.39, 0.29) is 11.4 Å². The minimum Gasteiger partial charge on any atom is -0.442 e. The molecule has 124 valence electrons. The highest BCUT2D eigenvalue weighted by Crippen LogP contribution is 2.40. The van der Waals surface area contributed by atoms with Gasteiger partial charge in [-0.1, -0.05) is 0 Å². The summed E-state index contributed by atoms with van der Waals surface area (Å²) in [5.74, 6) is 1.33. The van der Waals surface area contributed by atoms with Crippen LogP contribution in [0.1, 0.15) is 35.9 Å². The van der Waals surface area contributed by atoms with Crippen LogP contribution in [0.25, 0.3) is 11.1 Å². The number of furan rings is 1. The summed E-state index contributed by atoms with van der Waals surface area (Å²) in [6, 6.07) is 1.73. The highest BCUT2D eigenvalue weighted by Gasteiger charge is 2.38. The van der Waals surface area contributed by atoms with E-state index in [1.165, 1.54) is 6.33 Å². The highest BCUT2D eigenvalue weighted by molar-refractivity contribution is 6.15. The van der Waals surface area contributed by atoms with Crippen molar-refractivity contribution in [3.63, 3.8) is 0 Å². The number of nitrogens with one attached hydrogen (secondary N) is 2. The number of hydrogen-bond donors (Lipinski definition) is 2. The molecule has 0 aliphatic heterocycles. The molecule has 4 rings (SSSR count). The zero-order valence-electron chi connectivity index (χ0n) is 13.8. The third-order valence-corrected chi connectivity index (χ3v) is 4.27. The predicted molar refractivity (Wildman–Crippen MR) is 89.0 cm³/mol. The standard InChI is InChI=1S/C16H18N6O2/c1-9-11(14(23)19-10-4-7-22(3)21-10)12-13(20-16(2)5-6-16)17-8-18-15(12)24-9/h4,7-8H,5-6H2,1-3H3,(H,17,18,20)(H,19,21,23). The second-order valence-corrected chi connectivity index (χ2v) is 6.45. The Morgan fingerprint density at radius 1 is 1.38 bits per heavy atom. The number of nitrogens with zero attached hydrogens (tertiary/aromatic N) is 4. The minimum absolute atomic E-state index is 0.0290. The number of rotatable bonds is 4. The number of fused-ring (bicyclic) bond motifs is 1. The van der Waals surface area contributed by atoms with Crippen LogP contribution < -0.4 is 10.6 Å². The van der Waals surface area contributed by atoms with E-state index in [2.05, 4.69) is 32.6 Å². The summed E-state index contributed by atoms with van der Waals surface area (Å²) in [5.41, 5.74) is 0.865. The molecule has 3 aromatic rings. The lowest BCUT2D eigenvalue weighted by atomic mass is 10.1. The van der Waals surface area contributed by atoms with Crippen molar-refractivity contribution in [3.8, 4) is 0 Å². The maximum atomic E-state index is 12.7. The Balaban J connectivity index is 1.76. The lowest BCUT2D eigenvalue weighted by Crippen LogP contribution is -2.18. The van der Waals surface area contributed by atoms with Gasteiger partial charge in [-0.2, -0.15) is 5.10 Å². The van der Waals surface area contributed by atoms with Crippen LogP contribution in [0.5, 0.6) is 0 Å². The first kappa shape index (κ1) is 14.7. The molecule has 3 heterocycles. The average Bonchev–Trinajstić information content (AvgIpc) is 2.94. The molecular weight excluding hydrogens is 308 g/mol. The molecule has 0 spiro atoms. The van der Waals surface area contributed by atoms with E-state index in [0.717, 1.165) is 12.8 Å². The fourth-order valence-corrected chi connectivity index (χ4v) is 2.67. The largest absolute Gasteiger partial charge is 0.442 e. The average molecular weight is 326 g/mol. The van der Waals surface area contributed by atoms with Gasteiger partial charge in [-0.25, -0.2) is 9.97 Å². The van der Waals surface area contributed by atoms with Gasteiger partial charge in [-0.3, -0.25) is 9.48 Å². The Labute approximate surface area is 138 Å². The quantitative estimate of drug-likeness (QED) is 0.764. The molecule has 1 saturated carbocycles. The first-order valence-corrected chi connectivity index (χ1v) is 7.78. The lowest BCUT2D eigenvalue weighted by molar-refractivity contribution is 0.102. The molecule has 0 bridgehead atoms. The second-order valence-electron chi connectivity index (χ2n) is 6.45. The Kier molecular flexibility index (Phi) is 3.09. The Morgan fingerprint density at radius 2 is 2.17 bits per heavy atom. The van der Waals surface area contributed by atoms with Gasteiger partial charge in [0, 0.05) is 24.8 Å². The third kappa shape index (κ3) is 2.49. The van der Waals surface area contributed by atoms with Crippen molar-refractivity contribution in [1.29, 1.82) is 0 Å². The van der Waals surface area contributed by atoms with Gasteiger partial charge < -0.3 is 15.1 Å². The van der Waals surface area contributed by atoms with E-state index in [0.29, 0.717) is 34.1 Å². The molecule has 3 aromatic heterocycles. The van der Waals surface area contributed by atoms with Gasteiger partial charge in [0.2, 0.25) is 5.71 Å². The Bertz CT molecular complexity index is 937. The van der Waals surface area contributed by atoms with Crippen molar-refractivity contribution < 1.29 is 9.21 Å². The molecule has 0 saturated heterocycles. The molecule has 1 aliphatic carbocycles. The van der Waals surface area contributed by atoms with Crippen LogP contribution in [-0.4, -0.2) is 31.2 Å². The Hall–Kier alpha value is -2.90. The molecule has 1 amide bonds. The normalized spacial score (nSPS) is 15.5. The number of aromatic nitrogens is 4. The number of hydrogen-bond acceptors (Lipinski definition) is 6. The molecule has 0 aromatic carbocycles. The van der Waals surface area contributed by atoms with E-state index in [1.54, 1.807) is 30.9 Å². The van der Waals surface area contributed by atoms with Gasteiger partial charge in [-0.05, 0) is 26.7 Å². The maximum Gasteiger partial charge on any atom is 0.261 e. The van der Waals surface area contributed by atoms with E-state index >= 15 is 0 Å². The van der Waals surface area contributed by atoms with E-state index in [4.69, 9.17) is 4.42 Å². The van der Waals surface area contributed by atoms with Gasteiger partial charge in [0.25, 0.3) is 5.91 Å². The number of carbonyl (C=O) groups is 1. The first-order valence-electron chi connectivity index (χ1n) is 7.78. The predicted octanol–water partition coefficient (Wildman–Crippen LogP) is 2.48. The zero-order valence-corrected chi connectivity index (χ0v) is 13.8. The summed E-state index contributed by atoms with van der Waals surface area (Å²) in [5, 5.41) is 11.0. The lowest BCUT2D eigenvalue weighted by Gasteiger charge is -2.13. The van der Waals surface area contributed by atoms with Crippen LogP contribution in [0.2, 0.25) is 0 Å². The van der Waals surface area contributed by atoms with Crippen LogP contribution in [0, 0.1) is 6.92 Å². The number of aryl methyl sites for hydroxylation is 2. The molecule has 0 radical (unpaired) electrons. The summed E-state index contributed by atoms with van der Waals surface area (Å²) in [7, 11) is 1.79. The minimum atomic E-state index is -0.288. The van der Waals surface area contributed by atoms with Crippen LogP contribution in [0.4, 0.5) is 11.6 Å². The van der Waals surface area contributed by atoms with Crippen molar-refractivity contribution >= 4 is 28.6 Å². The SMILES string of the molecule is Cc1oc2ncnc(NC3(C)CC3)c2c1C(=O)Nc1ccn(C)n1. The van der Waals surface area contributed by atoms with Crippen LogP contribution in [-0.2, 0) is 7.05 Å². The number of anilines is 2. The topological polar surface area (TPSA) is 97.9 Å². The molecule has 8 nitrogen and oxygen atoms in total. The fourth-order valence-electron chi connectivity index (χ4n) is 2.67. The number of amides is 1. The van der Waals surface area contributed by atoms with Crippen molar-refractivity contribution in [3.05, 3.63) is 29.9 Å². The first-order chi connectivity index (χ1) is 11.5. The smallest absolute Gasteiger partial charge is 0.261 e. The number of carbonyl (C=O) groups excluding carboxylic acids is 1. The zero-order chi connectivity index (χ0) is 16.9. The molecule has 1 fully saturated rings. The van der Waals surface area contributed by atoms with Crippen LogP contribution >= 0.6 is 0 Å². The fraction of sp³-hybridized carbons (Fsp3) is 0.375. The van der Waals surface area contributed by atoms with Crippen molar-refractivity contribution in [2.45, 2.75) is 32.2 Å². The maximum absolute atomic E-state index is 12.7. The van der Waals surface area contributed by atoms with Crippen LogP contribution in [0.3, 0.4) is 0 Å². The third-order valence-electron chi connectivity index (χ3n) is 4.27. The Morgan fingerprint density at radius 3 is 2.83 bits per heavy atom.